The molecule has 19 heavy (non-hydrogen) atoms. The molecule has 94 valence electrons. The van der Waals surface area contributed by atoms with Crippen LogP contribution in [0, 0.1) is 20.8 Å². The van der Waals surface area contributed by atoms with Crippen LogP contribution in [0.3, 0.4) is 0 Å². The summed E-state index contributed by atoms with van der Waals surface area (Å²) in [5, 5.41) is 1.26. The quantitative estimate of drug-likeness (QED) is 0.600. The Kier molecular flexibility index (Phi) is 2.83. The van der Waals surface area contributed by atoms with Crippen molar-refractivity contribution < 1.29 is 0 Å². The number of aryl methyl sites for hydroxylation is 2. The maximum absolute atomic E-state index is 4.91. The molecule has 0 saturated carbocycles. The maximum Gasteiger partial charge on any atom is 0.0741 e. The highest BCUT2D eigenvalue weighted by atomic mass is 14.7. The Morgan fingerprint density at radius 3 is 2.21 bits per heavy atom. The van der Waals surface area contributed by atoms with E-state index in [9.17, 15) is 0 Å². The molecule has 0 bridgehead atoms. The second-order valence-corrected chi connectivity index (χ2v) is 5.05. The lowest BCUT2D eigenvalue weighted by Crippen LogP contribution is -1.95. The molecule has 1 heterocycles. The standard InChI is InChI=1S/C18H17N/c1-12-8-7-11-16-13(2)14(3)18(19-17(12)16)15-9-5-4-6-10-15/h4-11H,1-3H3. The molecule has 0 atom stereocenters. The van der Waals surface area contributed by atoms with Gasteiger partial charge in [-0.05, 0) is 37.5 Å². The van der Waals surface area contributed by atoms with Crippen molar-refractivity contribution in [3.05, 3.63) is 65.2 Å². The average Bonchev–Trinajstić information content (AvgIpc) is 2.44. The largest absolute Gasteiger partial charge is 0.247 e. The van der Waals surface area contributed by atoms with Crippen LogP contribution in [0.5, 0.6) is 0 Å². The summed E-state index contributed by atoms with van der Waals surface area (Å²) < 4.78 is 0. The lowest BCUT2D eigenvalue weighted by atomic mass is 9.97. The van der Waals surface area contributed by atoms with Gasteiger partial charge in [-0.1, -0.05) is 48.5 Å². The number of hydrogen-bond donors (Lipinski definition) is 0. The third-order valence-corrected chi connectivity index (χ3v) is 3.83. The first kappa shape index (κ1) is 11.9. The molecule has 0 spiro atoms. The van der Waals surface area contributed by atoms with E-state index in [4.69, 9.17) is 4.98 Å². The summed E-state index contributed by atoms with van der Waals surface area (Å²) in [6.07, 6.45) is 0. The van der Waals surface area contributed by atoms with E-state index in [0.717, 1.165) is 11.2 Å². The Hall–Kier alpha value is -2.15. The van der Waals surface area contributed by atoms with Gasteiger partial charge in [0.25, 0.3) is 0 Å². The number of pyridine rings is 1. The van der Waals surface area contributed by atoms with Gasteiger partial charge in [0.15, 0.2) is 0 Å². The minimum atomic E-state index is 1.10. The van der Waals surface area contributed by atoms with Gasteiger partial charge < -0.3 is 0 Å². The summed E-state index contributed by atoms with van der Waals surface area (Å²) in [5.41, 5.74) is 7.23. The molecule has 0 saturated heterocycles. The second-order valence-electron chi connectivity index (χ2n) is 5.05. The Morgan fingerprint density at radius 1 is 0.737 bits per heavy atom. The van der Waals surface area contributed by atoms with Gasteiger partial charge in [0.05, 0.1) is 11.2 Å². The predicted octanol–water partition coefficient (Wildman–Crippen LogP) is 4.83. The van der Waals surface area contributed by atoms with Crippen molar-refractivity contribution in [2.75, 3.05) is 0 Å². The highest BCUT2D eigenvalue weighted by Gasteiger charge is 2.11. The van der Waals surface area contributed by atoms with Crippen LogP contribution >= 0.6 is 0 Å². The minimum absolute atomic E-state index is 1.10. The zero-order chi connectivity index (χ0) is 13.4. The Bertz CT molecular complexity index is 742. The highest BCUT2D eigenvalue weighted by Crippen LogP contribution is 2.30. The molecule has 1 aromatic heterocycles. The Balaban J connectivity index is 2.39. The molecule has 1 nitrogen and oxygen atoms in total. The number of hydrogen-bond acceptors (Lipinski definition) is 1. The van der Waals surface area contributed by atoms with Crippen molar-refractivity contribution in [3.8, 4) is 11.3 Å². The summed E-state index contributed by atoms with van der Waals surface area (Å²) in [4.78, 5) is 4.91. The predicted molar refractivity (Wildman–Crippen MR) is 81.4 cm³/mol. The van der Waals surface area contributed by atoms with Gasteiger partial charge in [-0.25, -0.2) is 4.98 Å². The van der Waals surface area contributed by atoms with Crippen molar-refractivity contribution in [3.63, 3.8) is 0 Å². The van der Waals surface area contributed by atoms with E-state index in [-0.39, 0.29) is 0 Å². The zero-order valence-corrected chi connectivity index (χ0v) is 11.6. The van der Waals surface area contributed by atoms with E-state index >= 15 is 0 Å². The van der Waals surface area contributed by atoms with Crippen LogP contribution in [0.2, 0.25) is 0 Å². The van der Waals surface area contributed by atoms with Crippen LogP contribution in [0.25, 0.3) is 22.2 Å². The topological polar surface area (TPSA) is 12.9 Å². The summed E-state index contributed by atoms with van der Waals surface area (Å²) in [6, 6.07) is 16.8. The maximum atomic E-state index is 4.91. The lowest BCUT2D eigenvalue weighted by molar-refractivity contribution is 1.26. The van der Waals surface area contributed by atoms with E-state index < -0.39 is 0 Å². The van der Waals surface area contributed by atoms with Crippen LogP contribution in [0.1, 0.15) is 16.7 Å². The third-order valence-electron chi connectivity index (χ3n) is 3.83. The normalized spacial score (nSPS) is 10.9. The van der Waals surface area contributed by atoms with E-state index in [1.54, 1.807) is 0 Å². The Labute approximate surface area is 113 Å². The molecule has 3 rings (SSSR count). The smallest absolute Gasteiger partial charge is 0.0741 e. The van der Waals surface area contributed by atoms with E-state index in [1.165, 1.54) is 27.6 Å². The molecule has 0 aliphatic rings. The fraction of sp³-hybridized carbons (Fsp3) is 0.167. The second kappa shape index (κ2) is 4.51. The molecule has 0 radical (unpaired) electrons. The number of rotatable bonds is 1. The summed E-state index contributed by atoms with van der Waals surface area (Å²) in [6.45, 7) is 6.47. The van der Waals surface area contributed by atoms with Crippen LogP contribution in [0.15, 0.2) is 48.5 Å². The average molecular weight is 247 g/mol. The van der Waals surface area contributed by atoms with Gasteiger partial charge in [-0.2, -0.15) is 0 Å². The van der Waals surface area contributed by atoms with Crippen molar-refractivity contribution in [1.82, 2.24) is 4.98 Å². The summed E-state index contributed by atoms with van der Waals surface area (Å²) in [5.74, 6) is 0. The van der Waals surface area contributed by atoms with Gasteiger partial charge >= 0.3 is 0 Å². The van der Waals surface area contributed by atoms with Crippen LogP contribution in [0.4, 0.5) is 0 Å². The number of benzene rings is 2. The SMILES string of the molecule is Cc1c(-c2ccccc2)nc2c(C)cccc2c1C. The van der Waals surface area contributed by atoms with Gasteiger partial charge in [-0.3, -0.25) is 0 Å². The van der Waals surface area contributed by atoms with Crippen molar-refractivity contribution in [2.24, 2.45) is 0 Å². The van der Waals surface area contributed by atoms with Crippen LogP contribution in [-0.2, 0) is 0 Å². The first-order valence-corrected chi connectivity index (χ1v) is 6.60. The van der Waals surface area contributed by atoms with Gasteiger partial charge in [-0.15, -0.1) is 0 Å². The highest BCUT2D eigenvalue weighted by molar-refractivity contribution is 5.89. The van der Waals surface area contributed by atoms with Gasteiger partial charge in [0.1, 0.15) is 0 Å². The zero-order valence-electron chi connectivity index (χ0n) is 11.6. The Morgan fingerprint density at radius 2 is 1.47 bits per heavy atom. The lowest BCUT2D eigenvalue weighted by Gasteiger charge is -2.13. The molecule has 0 N–H and O–H groups in total. The molecule has 3 aromatic rings. The molecule has 0 unspecified atom stereocenters. The van der Waals surface area contributed by atoms with Gasteiger partial charge in [0.2, 0.25) is 0 Å². The molecule has 0 aliphatic carbocycles. The van der Waals surface area contributed by atoms with Crippen molar-refractivity contribution in [2.45, 2.75) is 20.8 Å². The van der Waals surface area contributed by atoms with E-state index in [0.29, 0.717) is 0 Å². The minimum Gasteiger partial charge on any atom is -0.247 e. The third kappa shape index (κ3) is 1.91. The van der Waals surface area contributed by atoms with E-state index in [1.807, 2.05) is 6.07 Å². The summed E-state index contributed by atoms with van der Waals surface area (Å²) >= 11 is 0. The molecule has 0 fully saturated rings. The van der Waals surface area contributed by atoms with Crippen molar-refractivity contribution in [1.29, 1.82) is 0 Å². The molecule has 0 amide bonds. The number of fused-ring (bicyclic) bond motifs is 1. The first-order chi connectivity index (χ1) is 9.18. The molecule has 2 aromatic carbocycles. The number of aromatic nitrogens is 1. The van der Waals surface area contributed by atoms with Crippen LogP contribution < -0.4 is 0 Å². The molecule has 1 heteroatoms. The number of para-hydroxylation sites is 1. The molecular formula is C18H17N. The fourth-order valence-electron chi connectivity index (χ4n) is 2.56. The van der Waals surface area contributed by atoms with E-state index in [2.05, 4.69) is 63.2 Å². The van der Waals surface area contributed by atoms with Gasteiger partial charge in [0, 0.05) is 10.9 Å². The van der Waals surface area contributed by atoms with Crippen molar-refractivity contribution >= 4 is 10.9 Å². The molecule has 0 aliphatic heterocycles. The first-order valence-electron chi connectivity index (χ1n) is 6.60. The summed E-state index contributed by atoms with van der Waals surface area (Å²) in [7, 11) is 0. The van der Waals surface area contributed by atoms with Crippen LogP contribution in [-0.4, -0.2) is 4.98 Å². The number of nitrogens with zero attached hydrogens (tertiary/aromatic N) is 1. The monoisotopic (exact) mass is 247 g/mol. The fourth-order valence-corrected chi connectivity index (χ4v) is 2.56. The molecular weight excluding hydrogens is 230 g/mol.